The van der Waals surface area contributed by atoms with Crippen molar-refractivity contribution in [1.29, 1.82) is 0 Å². The van der Waals surface area contributed by atoms with E-state index < -0.39 is 21.1 Å². The lowest BCUT2D eigenvalue weighted by Gasteiger charge is -2.35. The van der Waals surface area contributed by atoms with Gasteiger partial charge < -0.3 is 5.73 Å². The van der Waals surface area contributed by atoms with E-state index in [1.54, 1.807) is 48.9 Å². The Labute approximate surface area is 108 Å². The van der Waals surface area contributed by atoms with E-state index in [0.717, 1.165) is 0 Å². The molecule has 6 nitrogen and oxygen atoms in total. The number of amides is 1. The van der Waals surface area contributed by atoms with E-state index in [-0.39, 0.29) is 6.42 Å². The van der Waals surface area contributed by atoms with Crippen molar-refractivity contribution in [3.05, 3.63) is 30.3 Å². The first-order valence-corrected chi connectivity index (χ1v) is 7.33. The minimum atomic E-state index is -3.27. The summed E-state index contributed by atoms with van der Waals surface area (Å²) in [6.45, 7) is 0. The highest BCUT2D eigenvalue weighted by atomic mass is 32.2. The largest absolute Gasteiger partial charge is 0.370 e. The summed E-state index contributed by atoms with van der Waals surface area (Å²) in [7, 11) is 0.246. The Morgan fingerprint density at radius 3 is 2.61 bits per heavy atom. The predicted octanol–water partition coefficient (Wildman–Crippen LogP) is -0.331. The molecule has 1 aliphatic rings. The molecule has 0 aliphatic carbocycles. The highest BCUT2D eigenvalue weighted by molar-refractivity contribution is 7.91. The van der Waals surface area contributed by atoms with Gasteiger partial charge in [-0.25, -0.2) is 13.4 Å². The number of carbonyl (C=O) groups is 1. The average Bonchev–Trinajstić information content (AvgIpc) is 2.24. The number of allylic oxidation sites excluding steroid dienone is 2. The van der Waals surface area contributed by atoms with Gasteiger partial charge in [0, 0.05) is 33.0 Å². The van der Waals surface area contributed by atoms with E-state index >= 15 is 0 Å². The van der Waals surface area contributed by atoms with Gasteiger partial charge in [0.05, 0.1) is 0 Å². The number of nitrogens with two attached hydrogens (primary N) is 1. The summed E-state index contributed by atoms with van der Waals surface area (Å²) in [5.74, 6) is -0.449. The van der Waals surface area contributed by atoms with Crippen molar-refractivity contribution >= 4 is 15.7 Å². The van der Waals surface area contributed by atoms with Crippen LogP contribution in [0.5, 0.6) is 0 Å². The predicted molar refractivity (Wildman–Crippen MR) is 69.5 cm³/mol. The highest BCUT2D eigenvalue weighted by Crippen LogP contribution is 2.20. The number of hydrazine groups is 1. The number of nitrogens with zero attached hydrogens (tertiary/aromatic N) is 2. The summed E-state index contributed by atoms with van der Waals surface area (Å²) in [4.78, 5) is 10.7. The van der Waals surface area contributed by atoms with Gasteiger partial charge in [-0.3, -0.25) is 9.80 Å². The molecule has 1 aliphatic heterocycles. The molecule has 0 aromatic rings. The minimum absolute atomic E-state index is 0.0919. The van der Waals surface area contributed by atoms with Crippen molar-refractivity contribution < 1.29 is 13.2 Å². The van der Waals surface area contributed by atoms with Gasteiger partial charge >= 0.3 is 0 Å². The second-order valence-corrected chi connectivity index (χ2v) is 6.45. The Kier molecular flexibility index (Phi) is 4.53. The van der Waals surface area contributed by atoms with Crippen LogP contribution in [0.25, 0.3) is 0 Å². The van der Waals surface area contributed by atoms with Gasteiger partial charge in [0.1, 0.15) is 0 Å². The van der Waals surface area contributed by atoms with Gasteiger partial charge in [0.2, 0.25) is 5.91 Å². The van der Waals surface area contributed by atoms with Gasteiger partial charge in [-0.05, 0) is 24.1 Å². The van der Waals surface area contributed by atoms with Crippen LogP contribution in [0, 0.1) is 6.42 Å². The van der Waals surface area contributed by atoms with Crippen LogP contribution in [0.15, 0.2) is 23.9 Å². The summed E-state index contributed by atoms with van der Waals surface area (Å²) in [6, 6.07) is 0. The van der Waals surface area contributed by atoms with E-state index in [9.17, 15) is 13.2 Å². The van der Waals surface area contributed by atoms with Crippen LogP contribution in [0.4, 0.5) is 0 Å². The molecule has 0 unspecified atom stereocenters. The van der Waals surface area contributed by atoms with Crippen LogP contribution < -0.4 is 5.73 Å². The molecule has 1 radical (unpaired) electrons. The maximum Gasteiger partial charge on any atom is 0.218 e. The molecule has 1 rings (SSSR count). The summed E-state index contributed by atoms with van der Waals surface area (Å²) in [5.41, 5.74) is 5.73. The average molecular weight is 272 g/mol. The molecule has 0 saturated heterocycles. The number of hydrogen-bond donors (Lipinski definition) is 1. The van der Waals surface area contributed by atoms with Gasteiger partial charge in [-0.1, -0.05) is 0 Å². The second-order valence-electron chi connectivity index (χ2n) is 4.30. The van der Waals surface area contributed by atoms with Gasteiger partial charge in [-0.2, -0.15) is 0 Å². The lowest BCUT2D eigenvalue weighted by molar-refractivity contribution is -0.117. The molecular formula is C11H18N3O3S. The molecule has 0 saturated carbocycles. The minimum Gasteiger partial charge on any atom is -0.370 e. The second kappa shape index (κ2) is 5.53. The van der Waals surface area contributed by atoms with Gasteiger partial charge in [-0.15, -0.1) is 0 Å². The highest BCUT2D eigenvalue weighted by Gasteiger charge is 2.28. The SMILES string of the molecule is CN(C)N1C=CC([CH]CC(N)=O)=C[C@@H]1S(C)(=O)=O. The maximum absolute atomic E-state index is 11.7. The molecule has 101 valence electrons. The summed E-state index contributed by atoms with van der Waals surface area (Å²) < 4.78 is 23.5. The van der Waals surface area contributed by atoms with Crippen molar-refractivity contribution in [2.24, 2.45) is 5.73 Å². The monoisotopic (exact) mass is 272 g/mol. The van der Waals surface area contributed by atoms with Crippen LogP contribution >= 0.6 is 0 Å². The van der Waals surface area contributed by atoms with Crippen LogP contribution in [-0.2, 0) is 14.6 Å². The molecule has 2 N–H and O–H groups in total. The molecule has 1 heterocycles. The van der Waals surface area contributed by atoms with Crippen LogP contribution in [0.1, 0.15) is 6.42 Å². The van der Waals surface area contributed by atoms with Crippen molar-refractivity contribution in [1.82, 2.24) is 10.0 Å². The van der Waals surface area contributed by atoms with Crippen molar-refractivity contribution in [3.63, 3.8) is 0 Å². The fraction of sp³-hybridized carbons (Fsp3) is 0.455. The van der Waals surface area contributed by atoms with E-state index in [0.29, 0.717) is 5.57 Å². The van der Waals surface area contributed by atoms with E-state index in [4.69, 9.17) is 5.73 Å². The molecule has 0 aromatic heterocycles. The first-order chi connectivity index (χ1) is 8.21. The third-order valence-corrected chi connectivity index (χ3v) is 3.68. The molecule has 1 amide bonds. The maximum atomic E-state index is 11.7. The number of carbonyl (C=O) groups excluding carboxylic acids is 1. The fourth-order valence-corrected chi connectivity index (χ4v) is 2.63. The van der Waals surface area contributed by atoms with Crippen LogP contribution in [0.2, 0.25) is 0 Å². The van der Waals surface area contributed by atoms with Crippen molar-refractivity contribution in [3.8, 4) is 0 Å². The molecule has 0 aromatic carbocycles. The Hall–Kier alpha value is -1.34. The fourth-order valence-electron chi connectivity index (χ4n) is 1.58. The molecule has 0 fully saturated rings. The third-order valence-electron chi connectivity index (χ3n) is 2.45. The summed E-state index contributed by atoms with van der Waals surface area (Å²) in [5, 5.41) is 2.51. The van der Waals surface area contributed by atoms with E-state index in [1.807, 2.05) is 0 Å². The normalized spacial score (nSPS) is 20.1. The third kappa shape index (κ3) is 3.85. The first kappa shape index (κ1) is 14.7. The molecule has 0 bridgehead atoms. The zero-order valence-electron chi connectivity index (χ0n) is 10.7. The molecule has 1 atom stereocenters. The van der Waals surface area contributed by atoms with Gasteiger partial charge in [0.15, 0.2) is 15.2 Å². The number of primary amides is 1. The zero-order chi connectivity index (χ0) is 13.9. The molecule has 18 heavy (non-hydrogen) atoms. The lowest BCUT2D eigenvalue weighted by atomic mass is 10.1. The Morgan fingerprint density at radius 2 is 2.17 bits per heavy atom. The Bertz CT molecular complexity index is 480. The first-order valence-electron chi connectivity index (χ1n) is 5.38. The molecule has 0 spiro atoms. The number of sulfone groups is 1. The molecular weight excluding hydrogens is 254 g/mol. The summed E-state index contributed by atoms with van der Waals surface area (Å²) in [6.07, 6.45) is 7.88. The Morgan fingerprint density at radius 1 is 1.56 bits per heavy atom. The smallest absolute Gasteiger partial charge is 0.218 e. The standard InChI is InChI=1S/C11H18N3O3S/c1-13(2)14-7-6-9(4-5-10(12)15)8-11(14)18(3,16)17/h4,6-8,11H,5H2,1-3H3,(H2,12,15)/t11-/m0/s1. The van der Waals surface area contributed by atoms with Crippen molar-refractivity contribution in [2.45, 2.75) is 11.8 Å². The van der Waals surface area contributed by atoms with Crippen LogP contribution in [-0.4, -0.2) is 50.1 Å². The number of hydrogen-bond acceptors (Lipinski definition) is 5. The lowest BCUT2D eigenvalue weighted by Crippen LogP contribution is -2.45. The van der Waals surface area contributed by atoms with Gasteiger partial charge in [0.25, 0.3) is 0 Å². The molecule has 7 heteroatoms. The number of rotatable bonds is 5. The van der Waals surface area contributed by atoms with Crippen molar-refractivity contribution in [2.75, 3.05) is 20.4 Å². The van der Waals surface area contributed by atoms with Crippen LogP contribution in [0.3, 0.4) is 0 Å². The quantitative estimate of drug-likeness (QED) is 0.741. The topological polar surface area (TPSA) is 83.7 Å². The van der Waals surface area contributed by atoms with E-state index in [2.05, 4.69) is 0 Å². The van der Waals surface area contributed by atoms with E-state index in [1.165, 1.54) is 6.26 Å². The summed E-state index contributed by atoms with van der Waals surface area (Å²) >= 11 is 0. The zero-order valence-corrected chi connectivity index (χ0v) is 11.5. The Balaban J connectivity index is 2.93.